The molecule has 0 aromatic heterocycles. The minimum atomic E-state index is 0.0642. The monoisotopic (exact) mass is 192 g/mol. The van der Waals surface area contributed by atoms with E-state index in [9.17, 15) is 4.79 Å². The van der Waals surface area contributed by atoms with Crippen LogP contribution in [0.4, 0.5) is 0 Å². The second-order valence-corrected chi connectivity index (χ2v) is 3.51. The lowest BCUT2D eigenvalue weighted by Crippen LogP contribution is -1.92. The topological polar surface area (TPSA) is 17.1 Å². The highest BCUT2D eigenvalue weighted by molar-refractivity contribution is 8.01. The minimum absolute atomic E-state index is 0.0642. The van der Waals surface area contributed by atoms with Crippen LogP contribution in [0.15, 0.2) is 35.7 Å². The van der Waals surface area contributed by atoms with Crippen LogP contribution in [0.2, 0.25) is 0 Å². The third-order valence-corrected chi connectivity index (χ3v) is 2.10. The fraction of sp³-hybridized carbons (Fsp3) is 0.182. The summed E-state index contributed by atoms with van der Waals surface area (Å²) in [5.41, 5.74) is 1.92. The van der Waals surface area contributed by atoms with E-state index >= 15 is 0 Å². The highest BCUT2D eigenvalue weighted by atomic mass is 32.2. The molecule has 0 saturated heterocycles. The molecule has 0 aliphatic carbocycles. The van der Waals surface area contributed by atoms with Gasteiger partial charge in [0, 0.05) is 5.56 Å². The maximum absolute atomic E-state index is 11.4. The Hall–Kier alpha value is -1.02. The van der Waals surface area contributed by atoms with Crippen molar-refractivity contribution in [1.29, 1.82) is 0 Å². The number of carbonyl (C=O) groups excluding carboxylic acids is 1. The molecule has 2 heteroatoms. The van der Waals surface area contributed by atoms with Gasteiger partial charge < -0.3 is 0 Å². The van der Waals surface area contributed by atoms with Crippen LogP contribution in [0.5, 0.6) is 0 Å². The third kappa shape index (κ3) is 3.07. The quantitative estimate of drug-likeness (QED) is 0.541. The summed E-state index contributed by atoms with van der Waals surface area (Å²) >= 11 is 1.53. The Morgan fingerprint density at radius 3 is 2.46 bits per heavy atom. The molecule has 0 radical (unpaired) electrons. The summed E-state index contributed by atoms with van der Waals surface area (Å²) in [6.45, 7) is 2.01. The lowest BCUT2D eigenvalue weighted by molar-refractivity contribution is 0.104. The van der Waals surface area contributed by atoms with Crippen LogP contribution in [-0.2, 0) is 0 Å². The molecule has 0 N–H and O–H groups in total. The van der Waals surface area contributed by atoms with E-state index in [4.69, 9.17) is 0 Å². The highest BCUT2D eigenvalue weighted by Crippen LogP contribution is 2.05. The number of aryl methyl sites for hydroxylation is 1. The summed E-state index contributed by atoms with van der Waals surface area (Å²) in [5.74, 6) is 0.0642. The van der Waals surface area contributed by atoms with Crippen LogP contribution in [0.1, 0.15) is 15.9 Å². The van der Waals surface area contributed by atoms with Gasteiger partial charge in [0.15, 0.2) is 5.78 Å². The van der Waals surface area contributed by atoms with Gasteiger partial charge in [-0.25, -0.2) is 0 Å². The van der Waals surface area contributed by atoms with Crippen molar-refractivity contribution in [3.8, 4) is 0 Å². The predicted octanol–water partition coefficient (Wildman–Crippen LogP) is 3.05. The maximum atomic E-state index is 11.4. The Bertz CT molecular complexity index is 311. The Kier molecular flexibility index (Phi) is 3.77. The van der Waals surface area contributed by atoms with E-state index < -0.39 is 0 Å². The largest absolute Gasteiger partial charge is 0.289 e. The van der Waals surface area contributed by atoms with Crippen LogP contribution in [-0.4, -0.2) is 12.0 Å². The van der Waals surface area contributed by atoms with Crippen molar-refractivity contribution >= 4 is 17.5 Å². The zero-order valence-electron chi connectivity index (χ0n) is 7.78. The first kappa shape index (κ1) is 10.1. The van der Waals surface area contributed by atoms with E-state index in [2.05, 4.69) is 0 Å². The summed E-state index contributed by atoms with van der Waals surface area (Å²) in [6.07, 6.45) is 3.52. The zero-order chi connectivity index (χ0) is 9.68. The molecule has 0 fully saturated rings. The first-order valence-corrected chi connectivity index (χ1v) is 5.33. The van der Waals surface area contributed by atoms with E-state index in [0.717, 1.165) is 5.56 Å². The summed E-state index contributed by atoms with van der Waals surface area (Å²) in [4.78, 5) is 11.4. The molecule has 0 heterocycles. The second kappa shape index (κ2) is 4.87. The average Bonchev–Trinajstić information content (AvgIpc) is 2.15. The van der Waals surface area contributed by atoms with E-state index in [-0.39, 0.29) is 5.78 Å². The molecule has 0 saturated carbocycles. The first-order valence-electron chi connectivity index (χ1n) is 4.04. The number of thioether (sulfide) groups is 1. The maximum Gasteiger partial charge on any atom is 0.186 e. The van der Waals surface area contributed by atoms with Crippen molar-refractivity contribution in [3.05, 3.63) is 46.9 Å². The Labute approximate surface area is 82.9 Å². The summed E-state index contributed by atoms with van der Waals surface area (Å²) in [5, 5.41) is 1.79. The molecule has 0 aliphatic heterocycles. The molecule has 0 bridgehead atoms. The fourth-order valence-electron chi connectivity index (χ4n) is 0.944. The summed E-state index contributed by atoms with van der Waals surface area (Å²) in [7, 11) is 0. The third-order valence-electron chi connectivity index (χ3n) is 1.69. The molecule has 0 spiro atoms. The number of hydrogen-bond donors (Lipinski definition) is 0. The smallest absolute Gasteiger partial charge is 0.186 e. The van der Waals surface area contributed by atoms with Gasteiger partial charge in [0.1, 0.15) is 0 Å². The van der Waals surface area contributed by atoms with Crippen molar-refractivity contribution in [2.24, 2.45) is 0 Å². The van der Waals surface area contributed by atoms with E-state index in [1.165, 1.54) is 17.3 Å². The van der Waals surface area contributed by atoms with Gasteiger partial charge in [0.05, 0.1) is 0 Å². The highest BCUT2D eigenvalue weighted by Gasteiger charge is 1.99. The van der Waals surface area contributed by atoms with Gasteiger partial charge in [-0.05, 0) is 24.7 Å². The fourth-order valence-corrected chi connectivity index (χ4v) is 1.20. The minimum Gasteiger partial charge on any atom is -0.289 e. The van der Waals surface area contributed by atoms with E-state index in [0.29, 0.717) is 0 Å². The molecule has 1 rings (SSSR count). The summed E-state index contributed by atoms with van der Waals surface area (Å²) < 4.78 is 0. The number of ketones is 1. The number of carbonyl (C=O) groups is 1. The van der Waals surface area contributed by atoms with Gasteiger partial charge in [-0.3, -0.25) is 4.79 Å². The second-order valence-electron chi connectivity index (χ2n) is 2.77. The van der Waals surface area contributed by atoms with Crippen LogP contribution < -0.4 is 0 Å². The molecule has 0 amide bonds. The molecule has 1 aromatic rings. The predicted molar refractivity (Wildman–Crippen MR) is 58.2 cm³/mol. The Morgan fingerprint density at radius 2 is 1.92 bits per heavy atom. The molecular weight excluding hydrogens is 180 g/mol. The Morgan fingerprint density at radius 1 is 1.31 bits per heavy atom. The molecule has 0 atom stereocenters. The molecule has 1 aromatic carbocycles. The summed E-state index contributed by atoms with van der Waals surface area (Å²) in [6, 6.07) is 7.59. The number of rotatable bonds is 3. The van der Waals surface area contributed by atoms with Gasteiger partial charge >= 0.3 is 0 Å². The lowest BCUT2D eigenvalue weighted by Gasteiger charge is -1.95. The van der Waals surface area contributed by atoms with Gasteiger partial charge in [-0.1, -0.05) is 29.8 Å². The van der Waals surface area contributed by atoms with Crippen LogP contribution >= 0.6 is 11.8 Å². The van der Waals surface area contributed by atoms with Crippen molar-refractivity contribution in [3.63, 3.8) is 0 Å². The molecular formula is C11H12OS. The van der Waals surface area contributed by atoms with Crippen molar-refractivity contribution < 1.29 is 4.79 Å². The Balaban J connectivity index is 2.78. The van der Waals surface area contributed by atoms with E-state index in [1.54, 1.807) is 11.5 Å². The van der Waals surface area contributed by atoms with E-state index in [1.807, 2.05) is 37.4 Å². The van der Waals surface area contributed by atoms with Crippen molar-refractivity contribution in [1.82, 2.24) is 0 Å². The molecule has 0 aliphatic rings. The van der Waals surface area contributed by atoms with Crippen LogP contribution in [0.3, 0.4) is 0 Å². The first-order chi connectivity index (χ1) is 6.24. The standard InChI is InChI=1S/C11H12OS/c1-9-3-5-10(6-4-9)11(12)7-8-13-2/h3-8H,1-2H3. The van der Waals surface area contributed by atoms with Crippen LogP contribution in [0, 0.1) is 6.92 Å². The van der Waals surface area contributed by atoms with Gasteiger partial charge in [-0.15, -0.1) is 11.8 Å². The SMILES string of the molecule is CSC=CC(=O)c1ccc(C)cc1. The van der Waals surface area contributed by atoms with Gasteiger partial charge in [0.25, 0.3) is 0 Å². The van der Waals surface area contributed by atoms with Crippen molar-refractivity contribution in [2.75, 3.05) is 6.26 Å². The molecule has 68 valence electrons. The van der Waals surface area contributed by atoms with Gasteiger partial charge in [0.2, 0.25) is 0 Å². The van der Waals surface area contributed by atoms with Crippen molar-refractivity contribution in [2.45, 2.75) is 6.92 Å². The normalized spacial score (nSPS) is 10.6. The van der Waals surface area contributed by atoms with Crippen LogP contribution in [0.25, 0.3) is 0 Å². The lowest BCUT2D eigenvalue weighted by atomic mass is 10.1. The number of benzene rings is 1. The number of hydrogen-bond acceptors (Lipinski definition) is 2. The molecule has 13 heavy (non-hydrogen) atoms. The average molecular weight is 192 g/mol. The molecule has 0 unspecified atom stereocenters. The zero-order valence-corrected chi connectivity index (χ0v) is 8.60. The number of allylic oxidation sites excluding steroid dienone is 1. The van der Waals surface area contributed by atoms with Gasteiger partial charge in [-0.2, -0.15) is 0 Å². The molecule has 1 nitrogen and oxygen atoms in total.